The van der Waals surface area contributed by atoms with E-state index in [0.29, 0.717) is 5.75 Å². The van der Waals surface area contributed by atoms with E-state index in [4.69, 9.17) is 0 Å². The second-order valence-corrected chi connectivity index (χ2v) is 8.15. The lowest BCUT2D eigenvalue weighted by Crippen LogP contribution is -2.15. The molecule has 1 unspecified atom stereocenters. The summed E-state index contributed by atoms with van der Waals surface area (Å²) < 4.78 is 3.18. The van der Waals surface area contributed by atoms with Crippen molar-refractivity contribution in [3.05, 3.63) is 59.7 Å². The average molecular weight is 393 g/mol. The topological polar surface area (TPSA) is 71.7 Å². The van der Waals surface area contributed by atoms with Crippen LogP contribution in [0.4, 0.5) is 0 Å². The number of thioether (sulfide) groups is 1. The van der Waals surface area contributed by atoms with E-state index in [-0.39, 0.29) is 11.8 Å². The van der Waals surface area contributed by atoms with E-state index in [2.05, 4.69) is 32.9 Å². The van der Waals surface area contributed by atoms with Crippen LogP contribution in [0.5, 0.6) is 0 Å². The number of thiazole rings is 1. The Morgan fingerprint density at radius 3 is 2.93 bits per heavy atom. The molecule has 2 aromatic carbocycles. The quantitative estimate of drug-likeness (QED) is 0.411. The molecule has 3 heterocycles. The molecule has 134 valence electrons. The third-order valence-corrected chi connectivity index (χ3v) is 6.48. The van der Waals surface area contributed by atoms with Gasteiger partial charge in [0.25, 0.3) is 0 Å². The standard InChI is InChI=1S/C19H15N5OS2/c25-16(13-6-2-1-5-12(13)14-9-10-20-21-14)11-26-18-22-23-19-24(18)15-7-3-4-8-17(15)27-19/h1-8,10,14,21H,9,11H2. The molecule has 0 bridgehead atoms. The molecule has 1 N–H and O–H groups in total. The van der Waals surface area contributed by atoms with E-state index in [1.165, 1.54) is 11.8 Å². The van der Waals surface area contributed by atoms with Crippen molar-refractivity contribution >= 4 is 50.3 Å². The number of fused-ring (bicyclic) bond motifs is 3. The molecule has 2 aromatic heterocycles. The van der Waals surface area contributed by atoms with Crippen LogP contribution in [-0.4, -0.2) is 32.3 Å². The van der Waals surface area contributed by atoms with Crippen LogP contribution >= 0.6 is 23.1 Å². The number of Topliss-reactive ketones (excluding diaryl/α,β-unsaturated/α-hetero) is 1. The summed E-state index contributed by atoms with van der Waals surface area (Å²) >= 11 is 3.03. The molecule has 8 heteroatoms. The first-order valence-electron chi connectivity index (χ1n) is 8.56. The minimum atomic E-state index is 0.0655. The van der Waals surface area contributed by atoms with Gasteiger partial charge in [-0.25, -0.2) is 0 Å². The number of rotatable bonds is 5. The van der Waals surface area contributed by atoms with Crippen LogP contribution in [-0.2, 0) is 0 Å². The Bertz CT molecular complexity index is 1170. The zero-order chi connectivity index (χ0) is 18.2. The maximum atomic E-state index is 12.9. The van der Waals surface area contributed by atoms with Crippen LogP contribution in [0.1, 0.15) is 28.4 Å². The number of nitrogens with one attached hydrogen (secondary N) is 1. The molecule has 0 saturated heterocycles. The molecule has 1 aliphatic rings. The highest BCUT2D eigenvalue weighted by Crippen LogP contribution is 2.30. The lowest BCUT2D eigenvalue weighted by molar-refractivity contribution is 0.102. The van der Waals surface area contributed by atoms with E-state index >= 15 is 0 Å². The van der Waals surface area contributed by atoms with Crippen LogP contribution in [0, 0.1) is 0 Å². The maximum Gasteiger partial charge on any atom is 0.217 e. The highest BCUT2D eigenvalue weighted by atomic mass is 32.2. The number of nitrogens with zero attached hydrogens (tertiary/aromatic N) is 4. The van der Waals surface area contributed by atoms with Gasteiger partial charge in [-0.2, -0.15) is 5.10 Å². The molecule has 4 aromatic rings. The fourth-order valence-electron chi connectivity index (χ4n) is 3.26. The molecular weight excluding hydrogens is 378 g/mol. The number of hydrogen-bond donors (Lipinski definition) is 1. The zero-order valence-corrected chi connectivity index (χ0v) is 15.8. The van der Waals surface area contributed by atoms with Gasteiger partial charge in [0, 0.05) is 18.2 Å². The Kier molecular flexibility index (Phi) is 4.14. The highest BCUT2D eigenvalue weighted by molar-refractivity contribution is 7.99. The zero-order valence-electron chi connectivity index (χ0n) is 14.2. The van der Waals surface area contributed by atoms with Gasteiger partial charge in [-0.3, -0.25) is 9.20 Å². The maximum absolute atomic E-state index is 12.9. The fourth-order valence-corrected chi connectivity index (χ4v) is 5.11. The molecule has 0 radical (unpaired) electrons. The molecule has 0 spiro atoms. The molecule has 0 saturated carbocycles. The predicted octanol–water partition coefficient (Wildman–Crippen LogP) is 3.94. The summed E-state index contributed by atoms with van der Waals surface area (Å²) in [5.41, 5.74) is 5.87. The van der Waals surface area contributed by atoms with Gasteiger partial charge in [-0.15, -0.1) is 10.2 Å². The van der Waals surface area contributed by atoms with Crippen LogP contribution < -0.4 is 5.43 Å². The molecule has 6 nitrogen and oxygen atoms in total. The summed E-state index contributed by atoms with van der Waals surface area (Å²) in [6.07, 6.45) is 2.64. The van der Waals surface area contributed by atoms with Crippen molar-refractivity contribution in [3.8, 4) is 0 Å². The Morgan fingerprint density at radius 1 is 1.19 bits per heavy atom. The first-order valence-corrected chi connectivity index (χ1v) is 10.4. The largest absolute Gasteiger partial charge is 0.303 e. The number of hydrazone groups is 1. The van der Waals surface area contributed by atoms with E-state index < -0.39 is 0 Å². The second kappa shape index (κ2) is 6.79. The van der Waals surface area contributed by atoms with Gasteiger partial charge in [0.05, 0.1) is 22.0 Å². The minimum absolute atomic E-state index is 0.0655. The molecular formula is C19H15N5OS2. The van der Waals surface area contributed by atoms with Crippen molar-refractivity contribution in [2.24, 2.45) is 5.10 Å². The number of para-hydroxylation sites is 1. The van der Waals surface area contributed by atoms with E-state index in [0.717, 1.165) is 37.9 Å². The number of carbonyl (C=O) groups excluding carboxylic acids is 1. The number of carbonyl (C=O) groups is 1. The predicted molar refractivity (Wildman–Crippen MR) is 109 cm³/mol. The molecule has 0 amide bonds. The van der Waals surface area contributed by atoms with Gasteiger partial charge in [0.15, 0.2) is 10.9 Å². The van der Waals surface area contributed by atoms with E-state index in [9.17, 15) is 4.79 Å². The molecule has 0 fully saturated rings. The van der Waals surface area contributed by atoms with Gasteiger partial charge >= 0.3 is 0 Å². The highest BCUT2D eigenvalue weighted by Gasteiger charge is 2.21. The van der Waals surface area contributed by atoms with E-state index in [1.807, 2.05) is 47.0 Å². The Balaban J connectivity index is 1.41. The van der Waals surface area contributed by atoms with Gasteiger partial charge in [0.2, 0.25) is 4.96 Å². The molecule has 0 aliphatic carbocycles. The summed E-state index contributed by atoms with van der Waals surface area (Å²) in [6, 6.07) is 15.9. The minimum Gasteiger partial charge on any atom is -0.303 e. The molecule has 5 rings (SSSR count). The van der Waals surface area contributed by atoms with Crippen LogP contribution in [0.2, 0.25) is 0 Å². The second-order valence-electron chi connectivity index (χ2n) is 6.20. The summed E-state index contributed by atoms with van der Waals surface area (Å²) in [6.45, 7) is 0. The van der Waals surface area contributed by atoms with Crippen molar-refractivity contribution in [1.82, 2.24) is 20.0 Å². The first-order chi connectivity index (χ1) is 13.3. The van der Waals surface area contributed by atoms with Gasteiger partial charge < -0.3 is 5.43 Å². The normalized spacial score (nSPS) is 16.2. The lowest BCUT2D eigenvalue weighted by Gasteiger charge is -2.14. The van der Waals surface area contributed by atoms with Gasteiger partial charge in [0.1, 0.15) is 0 Å². The van der Waals surface area contributed by atoms with Crippen molar-refractivity contribution < 1.29 is 4.79 Å². The van der Waals surface area contributed by atoms with Gasteiger partial charge in [-0.1, -0.05) is 59.5 Å². The summed E-state index contributed by atoms with van der Waals surface area (Å²) in [4.78, 5) is 13.8. The van der Waals surface area contributed by atoms with Crippen molar-refractivity contribution in [2.75, 3.05) is 5.75 Å². The first kappa shape index (κ1) is 16.5. The number of benzene rings is 2. The summed E-state index contributed by atoms with van der Waals surface area (Å²) in [5, 5.41) is 13.4. The molecule has 1 atom stereocenters. The van der Waals surface area contributed by atoms with Crippen LogP contribution in [0.25, 0.3) is 15.2 Å². The van der Waals surface area contributed by atoms with Crippen molar-refractivity contribution in [1.29, 1.82) is 0 Å². The summed E-state index contributed by atoms with van der Waals surface area (Å²) in [7, 11) is 0. The molecule has 1 aliphatic heterocycles. The Hall–Kier alpha value is -2.71. The fraction of sp³-hybridized carbons (Fsp3) is 0.158. The molecule has 27 heavy (non-hydrogen) atoms. The van der Waals surface area contributed by atoms with E-state index in [1.54, 1.807) is 11.3 Å². The van der Waals surface area contributed by atoms with Crippen molar-refractivity contribution in [2.45, 2.75) is 17.6 Å². The monoisotopic (exact) mass is 393 g/mol. The summed E-state index contributed by atoms with van der Waals surface area (Å²) in [5.74, 6) is 0.399. The van der Waals surface area contributed by atoms with Crippen LogP contribution in [0.15, 0.2) is 58.8 Å². The lowest BCUT2D eigenvalue weighted by atomic mass is 9.97. The van der Waals surface area contributed by atoms with Crippen molar-refractivity contribution in [3.63, 3.8) is 0 Å². The van der Waals surface area contributed by atoms with Gasteiger partial charge in [-0.05, 0) is 17.7 Å². The third kappa shape index (κ3) is 2.90. The third-order valence-electron chi connectivity index (χ3n) is 4.54. The van der Waals surface area contributed by atoms with Crippen LogP contribution in [0.3, 0.4) is 0 Å². The number of hydrogen-bond acceptors (Lipinski definition) is 7. The average Bonchev–Trinajstić information content (AvgIpc) is 3.43. The number of aromatic nitrogens is 3. The smallest absolute Gasteiger partial charge is 0.217 e. The SMILES string of the molecule is O=C(CSc1nnc2sc3ccccc3n12)c1ccccc1C1CC=NN1. The Morgan fingerprint density at radius 2 is 2.04 bits per heavy atom. The Labute approximate surface area is 163 Å². The number of ketones is 1.